The maximum atomic E-state index is 11.2. The van der Waals surface area contributed by atoms with Crippen molar-refractivity contribution in [2.75, 3.05) is 18.5 Å². The quantitative estimate of drug-likeness (QED) is 0.874. The standard InChI is InChI=1S/C15H21N5O/c1-11-9-12(2)20(18-11)8-4-7-19(3)14-10-13(15(16)21)5-6-17-14/h5-6,9-10H,4,7-8H2,1-3H3,(H2,16,21). The molecule has 2 aromatic rings. The first-order chi connectivity index (χ1) is 9.97. The van der Waals surface area contributed by atoms with Gasteiger partial charge in [0, 0.05) is 37.6 Å². The lowest BCUT2D eigenvalue weighted by atomic mass is 10.2. The van der Waals surface area contributed by atoms with Gasteiger partial charge < -0.3 is 10.6 Å². The Labute approximate surface area is 124 Å². The van der Waals surface area contributed by atoms with Gasteiger partial charge in [-0.2, -0.15) is 5.10 Å². The lowest BCUT2D eigenvalue weighted by molar-refractivity contribution is 0.1000. The van der Waals surface area contributed by atoms with Crippen LogP contribution in [0.5, 0.6) is 0 Å². The highest BCUT2D eigenvalue weighted by Gasteiger charge is 2.07. The van der Waals surface area contributed by atoms with Gasteiger partial charge in [0.1, 0.15) is 5.82 Å². The number of primary amides is 1. The van der Waals surface area contributed by atoms with E-state index in [0.717, 1.165) is 31.0 Å². The van der Waals surface area contributed by atoms with Crippen LogP contribution in [-0.4, -0.2) is 34.3 Å². The molecule has 21 heavy (non-hydrogen) atoms. The Bertz CT molecular complexity index is 635. The number of hydrogen-bond donors (Lipinski definition) is 1. The lowest BCUT2D eigenvalue weighted by Crippen LogP contribution is -2.22. The van der Waals surface area contributed by atoms with E-state index in [1.807, 2.05) is 23.6 Å². The molecule has 0 fully saturated rings. The summed E-state index contributed by atoms with van der Waals surface area (Å²) in [5, 5.41) is 4.44. The largest absolute Gasteiger partial charge is 0.366 e. The first-order valence-corrected chi connectivity index (χ1v) is 6.95. The Kier molecular flexibility index (Phi) is 4.57. The third-order valence-electron chi connectivity index (χ3n) is 3.39. The van der Waals surface area contributed by atoms with Gasteiger partial charge in [-0.15, -0.1) is 0 Å². The van der Waals surface area contributed by atoms with Crippen LogP contribution in [0.3, 0.4) is 0 Å². The van der Waals surface area contributed by atoms with Crippen molar-refractivity contribution in [1.82, 2.24) is 14.8 Å². The van der Waals surface area contributed by atoms with Gasteiger partial charge in [0.2, 0.25) is 5.91 Å². The molecule has 2 N–H and O–H groups in total. The fraction of sp³-hybridized carbons (Fsp3) is 0.400. The summed E-state index contributed by atoms with van der Waals surface area (Å²) in [5.41, 5.74) is 7.97. The van der Waals surface area contributed by atoms with Gasteiger partial charge in [0.05, 0.1) is 5.69 Å². The third-order valence-corrected chi connectivity index (χ3v) is 3.39. The van der Waals surface area contributed by atoms with Gasteiger partial charge in [0.25, 0.3) is 0 Å². The molecule has 0 aliphatic carbocycles. The van der Waals surface area contributed by atoms with Gasteiger partial charge in [0.15, 0.2) is 0 Å². The molecular formula is C15H21N5O. The first kappa shape index (κ1) is 15.0. The van der Waals surface area contributed by atoms with Crippen LogP contribution < -0.4 is 10.6 Å². The average Bonchev–Trinajstić information content (AvgIpc) is 2.77. The molecule has 0 unspecified atom stereocenters. The molecule has 112 valence electrons. The Balaban J connectivity index is 1.92. The average molecular weight is 287 g/mol. The van der Waals surface area contributed by atoms with Crippen LogP contribution in [0, 0.1) is 13.8 Å². The molecule has 0 aromatic carbocycles. The van der Waals surface area contributed by atoms with Crippen LogP contribution in [0.25, 0.3) is 0 Å². The van der Waals surface area contributed by atoms with Crippen LogP contribution in [0.4, 0.5) is 5.82 Å². The summed E-state index contributed by atoms with van der Waals surface area (Å²) in [6.07, 6.45) is 2.55. The maximum Gasteiger partial charge on any atom is 0.248 e. The molecule has 0 saturated carbocycles. The minimum absolute atomic E-state index is 0.435. The number of anilines is 1. The number of aromatic nitrogens is 3. The normalized spacial score (nSPS) is 10.6. The van der Waals surface area contributed by atoms with Crippen molar-refractivity contribution in [1.29, 1.82) is 0 Å². The monoisotopic (exact) mass is 287 g/mol. The summed E-state index contributed by atoms with van der Waals surface area (Å²) in [6, 6.07) is 5.41. The van der Waals surface area contributed by atoms with Crippen molar-refractivity contribution < 1.29 is 4.79 Å². The van der Waals surface area contributed by atoms with E-state index >= 15 is 0 Å². The van der Waals surface area contributed by atoms with Crippen LogP contribution in [0.2, 0.25) is 0 Å². The second kappa shape index (κ2) is 6.39. The molecule has 0 atom stereocenters. The molecule has 6 heteroatoms. The van der Waals surface area contributed by atoms with Gasteiger partial charge in [-0.3, -0.25) is 9.48 Å². The van der Waals surface area contributed by atoms with Crippen molar-refractivity contribution in [2.45, 2.75) is 26.8 Å². The number of rotatable bonds is 6. The Hall–Kier alpha value is -2.37. The van der Waals surface area contributed by atoms with E-state index in [1.54, 1.807) is 18.3 Å². The predicted molar refractivity (Wildman–Crippen MR) is 82.3 cm³/mol. The molecule has 2 rings (SSSR count). The molecule has 2 heterocycles. The molecule has 6 nitrogen and oxygen atoms in total. The number of nitrogens with two attached hydrogens (primary N) is 1. The number of nitrogens with zero attached hydrogens (tertiary/aromatic N) is 4. The summed E-state index contributed by atoms with van der Waals surface area (Å²) in [6.45, 7) is 5.74. The predicted octanol–water partition coefficient (Wildman–Crippen LogP) is 1.52. The summed E-state index contributed by atoms with van der Waals surface area (Å²) in [7, 11) is 1.95. The summed E-state index contributed by atoms with van der Waals surface area (Å²) in [4.78, 5) is 17.5. The number of pyridine rings is 1. The molecule has 0 spiro atoms. The number of carbonyl (C=O) groups is 1. The molecule has 0 radical (unpaired) electrons. The Morgan fingerprint density at radius 1 is 1.38 bits per heavy atom. The van der Waals surface area contributed by atoms with Crippen molar-refractivity contribution in [3.05, 3.63) is 41.3 Å². The van der Waals surface area contributed by atoms with Crippen LogP contribution in [0.15, 0.2) is 24.4 Å². The van der Waals surface area contributed by atoms with Crippen molar-refractivity contribution in [3.63, 3.8) is 0 Å². The molecule has 1 amide bonds. The molecule has 2 aromatic heterocycles. The van der Waals surface area contributed by atoms with Gasteiger partial charge >= 0.3 is 0 Å². The molecule has 0 aliphatic rings. The van der Waals surface area contributed by atoms with Crippen LogP contribution in [-0.2, 0) is 6.54 Å². The van der Waals surface area contributed by atoms with Crippen molar-refractivity contribution in [2.24, 2.45) is 5.73 Å². The van der Waals surface area contributed by atoms with E-state index in [0.29, 0.717) is 5.56 Å². The van der Waals surface area contributed by atoms with E-state index < -0.39 is 5.91 Å². The minimum Gasteiger partial charge on any atom is -0.366 e. The maximum absolute atomic E-state index is 11.2. The minimum atomic E-state index is -0.435. The zero-order chi connectivity index (χ0) is 15.4. The molecular weight excluding hydrogens is 266 g/mol. The number of amides is 1. The van der Waals surface area contributed by atoms with Gasteiger partial charge in [-0.05, 0) is 38.5 Å². The highest BCUT2D eigenvalue weighted by atomic mass is 16.1. The Morgan fingerprint density at radius 3 is 2.76 bits per heavy atom. The zero-order valence-electron chi connectivity index (χ0n) is 12.7. The van der Waals surface area contributed by atoms with Crippen molar-refractivity contribution >= 4 is 11.7 Å². The van der Waals surface area contributed by atoms with E-state index in [1.165, 1.54) is 5.69 Å². The second-order valence-corrected chi connectivity index (χ2v) is 5.19. The van der Waals surface area contributed by atoms with E-state index in [4.69, 9.17) is 5.73 Å². The smallest absolute Gasteiger partial charge is 0.248 e. The summed E-state index contributed by atoms with van der Waals surface area (Å²) < 4.78 is 2.01. The molecule has 0 bridgehead atoms. The highest BCUT2D eigenvalue weighted by Crippen LogP contribution is 2.11. The van der Waals surface area contributed by atoms with E-state index in [-0.39, 0.29) is 0 Å². The van der Waals surface area contributed by atoms with E-state index in [9.17, 15) is 4.79 Å². The zero-order valence-corrected chi connectivity index (χ0v) is 12.7. The van der Waals surface area contributed by atoms with Gasteiger partial charge in [-0.1, -0.05) is 0 Å². The van der Waals surface area contributed by atoms with Crippen molar-refractivity contribution in [3.8, 4) is 0 Å². The van der Waals surface area contributed by atoms with Crippen LogP contribution >= 0.6 is 0 Å². The molecule has 0 aliphatic heterocycles. The Morgan fingerprint density at radius 2 is 2.14 bits per heavy atom. The van der Waals surface area contributed by atoms with Gasteiger partial charge in [-0.25, -0.2) is 4.98 Å². The first-order valence-electron chi connectivity index (χ1n) is 6.95. The summed E-state index contributed by atoms with van der Waals surface area (Å²) >= 11 is 0. The summed E-state index contributed by atoms with van der Waals surface area (Å²) in [5.74, 6) is 0.314. The molecule has 0 saturated heterocycles. The second-order valence-electron chi connectivity index (χ2n) is 5.19. The van der Waals surface area contributed by atoms with Crippen LogP contribution in [0.1, 0.15) is 28.2 Å². The number of carbonyl (C=O) groups excluding carboxylic acids is 1. The number of aryl methyl sites for hydroxylation is 3. The topological polar surface area (TPSA) is 77.0 Å². The lowest BCUT2D eigenvalue weighted by Gasteiger charge is -2.18. The highest BCUT2D eigenvalue weighted by molar-refractivity contribution is 5.93. The van der Waals surface area contributed by atoms with E-state index in [2.05, 4.69) is 23.1 Å². The fourth-order valence-corrected chi connectivity index (χ4v) is 2.25. The fourth-order valence-electron chi connectivity index (χ4n) is 2.25. The third kappa shape index (κ3) is 3.81. The number of hydrogen-bond acceptors (Lipinski definition) is 4. The SMILES string of the molecule is Cc1cc(C)n(CCCN(C)c2cc(C(N)=O)ccn2)n1.